The van der Waals surface area contributed by atoms with Crippen LogP contribution in [0.2, 0.25) is 0 Å². The van der Waals surface area contributed by atoms with Crippen molar-refractivity contribution in [1.82, 2.24) is 20.9 Å². The van der Waals surface area contributed by atoms with Crippen molar-refractivity contribution >= 4 is 11.8 Å². The highest BCUT2D eigenvalue weighted by atomic mass is 16.2. The molecule has 6 nitrogen and oxygen atoms in total. The standard InChI is InChI=1S/C16H32N4O2/c1-15(2)10-12(11-16(3,4)19-15)18-14(22)13(21)17-8-7-9-20(5)6/h12,19H,7-11H2,1-6H3,(H,17,21)(H,18,22). The summed E-state index contributed by atoms with van der Waals surface area (Å²) in [4.78, 5) is 25.9. The molecule has 0 aromatic carbocycles. The third kappa shape index (κ3) is 6.75. The van der Waals surface area contributed by atoms with Crippen LogP contribution in [0.1, 0.15) is 47.0 Å². The highest BCUT2D eigenvalue weighted by Crippen LogP contribution is 2.28. The Morgan fingerprint density at radius 1 is 1.09 bits per heavy atom. The zero-order valence-electron chi connectivity index (χ0n) is 14.9. The van der Waals surface area contributed by atoms with Crippen LogP contribution in [0.15, 0.2) is 0 Å². The molecule has 0 bridgehead atoms. The molecule has 0 aromatic heterocycles. The summed E-state index contributed by atoms with van der Waals surface area (Å²) in [6.07, 6.45) is 2.46. The maximum atomic E-state index is 12.0. The molecule has 1 aliphatic heterocycles. The van der Waals surface area contributed by atoms with Gasteiger partial charge in [0.05, 0.1) is 0 Å². The molecule has 1 fully saturated rings. The lowest BCUT2D eigenvalue weighted by Gasteiger charge is -2.46. The maximum Gasteiger partial charge on any atom is 0.309 e. The van der Waals surface area contributed by atoms with E-state index in [9.17, 15) is 9.59 Å². The van der Waals surface area contributed by atoms with E-state index in [1.54, 1.807) is 0 Å². The van der Waals surface area contributed by atoms with Crippen molar-refractivity contribution in [1.29, 1.82) is 0 Å². The van der Waals surface area contributed by atoms with Gasteiger partial charge in [-0.1, -0.05) is 0 Å². The average Bonchev–Trinajstić information content (AvgIpc) is 2.29. The Balaban J connectivity index is 2.42. The third-order valence-electron chi connectivity index (χ3n) is 3.80. The Morgan fingerprint density at radius 3 is 2.14 bits per heavy atom. The molecule has 1 rings (SSSR count). The van der Waals surface area contributed by atoms with Gasteiger partial charge < -0.3 is 20.9 Å². The number of amides is 2. The molecule has 1 aliphatic rings. The minimum absolute atomic E-state index is 0.0197. The van der Waals surface area contributed by atoms with E-state index in [0.29, 0.717) is 6.54 Å². The lowest BCUT2D eigenvalue weighted by Crippen LogP contribution is -2.62. The van der Waals surface area contributed by atoms with E-state index in [0.717, 1.165) is 25.8 Å². The topological polar surface area (TPSA) is 73.5 Å². The SMILES string of the molecule is CN(C)CCCNC(=O)C(=O)NC1CC(C)(C)NC(C)(C)C1. The summed E-state index contributed by atoms with van der Waals surface area (Å²) in [5.41, 5.74) is -0.107. The number of carbonyl (C=O) groups is 2. The second kappa shape index (κ2) is 7.42. The van der Waals surface area contributed by atoms with Crippen molar-refractivity contribution in [2.45, 2.75) is 64.1 Å². The fourth-order valence-corrected chi connectivity index (χ4v) is 3.35. The number of nitrogens with one attached hydrogen (secondary N) is 3. The smallest absolute Gasteiger partial charge is 0.309 e. The molecule has 0 atom stereocenters. The lowest BCUT2D eigenvalue weighted by molar-refractivity contribution is -0.140. The summed E-state index contributed by atoms with van der Waals surface area (Å²) in [6.45, 7) is 9.89. The fraction of sp³-hybridized carbons (Fsp3) is 0.875. The van der Waals surface area contributed by atoms with Crippen molar-refractivity contribution in [3.05, 3.63) is 0 Å². The summed E-state index contributed by atoms with van der Waals surface area (Å²) in [6, 6.07) is 0.0197. The van der Waals surface area contributed by atoms with E-state index in [4.69, 9.17) is 0 Å². The zero-order chi connectivity index (χ0) is 17.0. The van der Waals surface area contributed by atoms with Gasteiger partial charge >= 0.3 is 11.8 Å². The van der Waals surface area contributed by atoms with Gasteiger partial charge in [-0.2, -0.15) is 0 Å². The molecule has 1 saturated heterocycles. The normalized spacial score (nSPS) is 20.7. The number of piperidine rings is 1. The van der Waals surface area contributed by atoms with Gasteiger partial charge in [0.25, 0.3) is 0 Å². The number of nitrogens with zero attached hydrogens (tertiary/aromatic N) is 1. The summed E-state index contributed by atoms with van der Waals surface area (Å²) in [5, 5.41) is 9.11. The Hall–Kier alpha value is -1.14. The van der Waals surface area contributed by atoms with Gasteiger partial charge in [0.15, 0.2) is 0 Å². The van der Waals surface area contributed by atoms with Gasteiger partial charge in [-0.15, -0.1) is 0 Å². The highest BCUT2D eigenvalue weighted by molar-refractivity contribution is 6.35. The summed E-state index contributed by atoms with van der Waals surface area (Å²) < 4.78 is 0. The molecule has 1 heterocycles. The maximum absolute atomic E-state index is 12.0. The van der Waals surface area contributed by atoms with Crippen molar-refractivity contribution in [2.24, 2.45) is 0 Å². The molecule has 0 saturated carbocycles. The lowest BCUT2D eigenvalue weighted by atomic mass is 9.79. The van der Waals surface area contributed by atoms with Gasteiger partial charge in [0, 0.05) is 23.7 Å². The predicted octanol–water partition coefficient (Wildman–Crippen LogP) is 0.480. The van der Waals surface area contributed by atoms with Crippen molar-refractivity contribution in [3.63, 3.8) is 0 Å². The Morgan fingerprint density at radius 2 is 1.64 bits per heavy atom. The van der Waals surface area contributed by atoms with Crippen LogP contribution in [0.4, 0.5) is 0 Å². The monoisotopic (exact) mass is 312 g/mol. The zero-order valence-corrected chi connectivity index (χ0v) is 14.9. The quantitative estimate of drug-likeness (QED) is 0.510. The van der Waals surface area contributed by atoms with E-state index in [1.807, 2.05) is 19.0 Å². The predicted molar refractivity (Wildman–Crippen MR) is 88.6 cm³/mol. The van der Waals surface area contributed by atoms with Crippen LogP contribution < -0.4 is 16.0 Å². The van der Waals surface area contributed by atoms with E-state index in [-0.39, 0.29) is 17.1 Å². The minimum atomic E-state index is -0.534. The van der Waals surface area contributed by atoms with Crippen LogP contribution in [0, 0.1) is 0 Å². The van der Waals surface area contributed by atoms with Gasteiger partial charge in [0.2, 0.25) is 0 Å². The first-order chi connectivity index (χ1) is 10.0. The first-order valence-corrected chi connectivity index (χ1v) is 8.03. The molecular weight excluding hydrogens is 280 g/mol. The molecular formula is C16H32N4O2. The molecule has 0 spiro atoms. The second-order valence-corrected chi connectivity index (χ2v) is 7.88. The first-order valence-electron chi connectivity index (χ1n) is 8.03. The molecule has 128 valence electrons. The van der Waals surface area contributed by atoms with Crippen LogP contribution in [-0.4, -0.2) is 61.0 Å². The van der Waals surface area contributed by atoms with Crippen molar-refractivity contribution in [2.75, 3.05) is 27.2 Å². The largest absolute Gasteiger partial charge is 0.348 e. The van der Waals surface area contributed by atoms with E-state index in [1.165, 1.54) is 0 Å². The molecule has 0 unspecified atom stereocenters. The van der Waals surface area contributed by atoms with E-state index >= 15 is 0 Å². The molecule has 0 aliphatic carbocycles. The Labute approximate surface area is 134 Å². The van der Waals surface area contributed by atoms with Crippen LogP contribution >= 0.6 is 0 Å². The highest BCUT2D eigenvalue weighted by Gasteiger charge is 2.38. The van der Waals surface area contributed by atoms with E-state index in [2.05, 4.69) is 43.6 Å². The van der Waals surface area contributed by atoms with Crippen LogP contribution in [0.25, 0.3) is 0 Å². The number of rotatable bonds is 5. The molecule has 2 amide bonds. The molecule has 0 aromatic rings. The summed E-state index contributed by atoms with van der Waals surface area (Å²) in [5.74, 6) is -1.06. The van der Waals surface area contributed by atoms with Crippen LogP contribution in [0.5, 0.6) is 0 Å². The first kappa shape index (κ1) is 18.9. The molecule has 0 radical (unpaired) electrons. The summed E-state index contributed by atoms with van der Waals surface area (Å²) in [7, 11) is 3.96. The molecule has 6 heteroatoms. The van der Waals surface area contributed by atoms with E-state index < -0.39 is 11.8 Å². The van der Waals surface area contributed by atoms with Crippen molar-refractivity contribution < 1.29 is 9.59 Å². The third-order valence-corrected chi connectivity index (χ3v) is 3.80. The average molecular weight is 312 g/mol. The van der Waals surface area contributed by atoms with Gasteiger partial charge in [-0.3, -0.25) is 9.59 Å². The van der Waals surface area contributed by atoms with Gasteiger partial charge in [0.1, 0.15) is 0 Å². The van der Waals surface area contributed by atoms with Crippen molar-refractivity contribution in [3.8, 4) is 0 Å². The molecule has 3 N–H and O–H groups in total. The van der Waals surface area contributed by atoms with Gasteiger partial charge in [-0.25, -0.2) is 0 Å². The second-order valence-electron chi connectivity index (χ2n) is 7.88. The number of carbonyl (C=O) groups excluding carboxylic acids is 2. The summed E-state index contributed by atoms with van der Waals surface area (Å²) >= 11 is 0. The van der Waals surface area contributed by atoms with Crippen LogP contribution in [-0.2, 0) is 9.59 Å². The minimum Gasteiger partial charge on any atom is -0.348 e. The Bertz CT molecular complexity index is 389. The van der Waals surface area contributed by atoms with Gasteiger partial charge in [-0.05, 0) is 67.6 Å². The Kier molecular flexibility index (Phi) is 6.38. The number of hydrogen-bond donors (Lipinski definition) is 3. The molecule has 22 heavy (non-hydrogen) atoms. The fourth-order valence-electron chi connectivity index (χ4n) is 3.35. The van der Waals surface area contributed by atoms with Crippen LogP contribution in [0.3, 0.4) is 0 Å². The number of hydrogen-bond acceptors (Lipinski definition) is 4.